The molecule has 0 saturated heterocycles. The van der Waals surface area contributed by atoms with Crippen LogP contribution in [0.25, 0.3) is 0 Å². The van der Waals surface area contributed by atoms with Crippen molar-refractivity contribution in [1.29, 1.82) is 0 Å². The topological polar surface area (TPSA) is 106 Å². The minimum atomic E-state index is -0.874. The van der Waals surface area contributed by atoms with E-state index in [9.17, 15) is 14.3 Å². The maximum absolute atomic E-state index is 14.6. The summed E-state index contributed by atoms with van der Waals surface area (Å²) in [6.07, 6.45) is 0.778. The van der Waals surface area contributed by atoms with E-state index in [4.69, 9.17) is 19.9 Å². The molecule has 1 amide bonds. The van der Waals surface area contributed by atoms with Gasteiger partial charge >= 0.3 is 0 Å². The molecule has 4 atom stereocenters. The van der Waals surface area contributed by atoms with Gasteiger partial charge in [-0.05, 0) is 85.7 Å². The highest BCUT2D eigenvalue weighted by atomic mass is 19.1. The Balaban J connectivity index is 1.67. The summed E-state index contributed by atoms with van der Waals surface area (Å²) in [6, 6.07) is 28.5. The molecule has 0 heterocycles. The summed E-state index contributed by atoms with van der Waals surface area (Å²) in [5.74, 6) is 0.0797. The van der Waals surface area contributed by atoms with E-state index in [-0.39, 0.29) is 12.7 Å². The molecule has 4 rings (SSSR count). The van der Waals surface area contributed by atoms with Gasteiger partial charge < -0.3 is 35.3 Å². The van der Waals surface area contributed by atoms with E-state index in [1.54, 1.807) is 25.1 Å². The third-order valence-corrected chi connectivity index (χ3v) is 8.76. The fourth-order valence-corrected chi connectivity index (χ4v) is 5.75. The number of nitrogens with zero attached hydrogens (tertiary/aromatic N) is 1. The predicted octanol–water partition coefficient (Wildman–Crippen LogP) is 7.04. The van der Waals surface area contributed by atoms with Crippen LogP contribution < -0.4 is 20.5 Å². The molecule has 48 heavy (non-hydrogen) atoms. The molecule has 0 aliphatic rings. The number of nitrogens with one attached hydrogen (secondary N) is 1. The molecular weight excluding hydrogens is 609 g/mol. The maximum atomic E-state index is 14.6. The SMILES string of the molecule is CCOCOc1cc(F)ccc1CCC[C@@H](C(=O)N(C)[C@@H](C)[C@@H](O)c1ccccc1)[C@H](Nc1ccc(CN)cc1)c1ccc(OC)cc1. The lowest BCUT2D eigenvalue weighted by Gasteiger charge is -2.36. The lowest BCUT2D eigenvalue weighted by Crippen LogP contribution is -2.44. The third kappa shape index (κ3) is 9.79. The van der Waals surface area contributed by atoms with E-state index in [0.29, 0.717) is 43.9 Å². The summed E-state index contributed by atoms with van der Waals surface area (Å²) >= 11 is 0. The van der Waals surface area contributed by atoms with Crippen LogP contribution in [0.3, 0.4) is 0 Å². The minimum Gasteiger partial charge on any atom is -0.497 e. The number of anilines is 1. The molecule has 9 heteroatoms. The standard InChI is InChI=1S/C39H48FN3O5/c1-5-47-26-48-36-24-32(40)19-16-29(36)12-9-13-35(39(45)43(3)27(2)38(44)31-10-7-6-8-11-31)37(30-17-22-34(46-4)23-18-30)42-33-20-14-28(25-41)15-21-33/h6-8,10-11,14-24,27,35,37-38,42,44H,5,9,12-13,25-26,41H2,1-4H3/t27-,35+,37+,38+/m0/s1. The van der Waals surface area contributed by atoms with Gasteiger partial charge in [-0.1, -0.05) is 60.7 Å². The van der Waals surface area contributed by atoms with Crippen LogP contribution >= 0.6 is 0 Å². The van der Waals surface area contributed by atoms with Crippen LogP contribution in [-0.2, 0) is 22.5 Å². The zero-order chi connectivity index (χ0) is 34.5. The lowest BCUT2D eigenvalue weighted by atomic mass is 9.86. The van der Waals surface area contributed by atoms with Gasteiger partial charge in [-0.15, -0.1) is 0 Å². The number of benzene rings is 4. The Morgan fingerprint density at radius 3 is 2.33 bits per heavy atom. The first kappa shape index (κ1) is 36.4. The average molecular weight is 658 g/mol. The van der Waals surface area contributed by atoms with E-state index in [1.165, 1.54) is 12.1 Å². The van der Waals surface area contributed by atoms with Crippen molar-refractivity contribution in [2.45, 2.75) is 57.8 Å². The zero-order valence-corrected chi connectivity index (χ0v) is 28.3. The maximum Gasteiger partial charge on any atom is 0.228 e. The highest BCUT2D eigenvalue weighted by Crippen LogP contribution is 2.35. The van der Waals surface area contributed by atoms with Gasteiger partial charge in [-0.3, -0.25) is 4.79 Å². The molecule has 0 radical (unpaired) electrons. The normalized spacial score (nSPS) is 13.6. The number of amides is 1. The van der Waals surface area contributed by atoms with E-state index >= 15 is 0 Å². The lowest BCUT2D eigenvalue weighted by molar-refractivity contribution is -0.139. The number of likely N-dealkylation sites (N-methyl/N-ethyl adjacent to an activating group) is 1. The molecule has 256 valence electrons. The van der Waals surface area contributed by atoms with Crippen LogP contribution in [0, 0.1) is 11.7 Å². The van der Waals surface area contributed by atoms with Gasteiger partial charge in [0.2, 0.25) is 5.91 Å². The summed E-state index contributed by atoms with van der Waals surface area (Å²) in [7, 11) is 3.36. The Labute approximate surface area is 283 Å². The van der Waals surface area contributed by atoms with Crippen LogP contribution in [0.15, 0.2) is 97.1 Å². The van der Waals surface area contributed by atoms with Crippen LogP contribution in [0.1, 0.15) is 61.1 Å². The predicted molar refractivity (Wildman–Crippen MR) is 187 cm³/mol. The fraction of sp³-hybridized carbons (Fsp3) is 0.359. The number of methoxy groups -OCH3 is 1. The largest absolute Gasteiger partial charge is 0.497 e. The number of carbonyl (C=O) groups excluding carboxylic acids is 1. The van der Waals surface area contributed by atoms with Crippen molar-refractivity contribution in [3.05, 3.63) is 125 Å². The summed E-state index contributed by atoms with van der Waals surface area (Å²) < 4.78 is 30.7. The number of hydrogen-bond donors (Lipinski definition) is 3. The van der Waals surface area contributed by atoms with Gasteiger partial charge in [0.05, 0.1) is 31.2 Å². The first-order chi connectivity index (χ1) is 23.2. The second-order valence-corrected chi connectivity index (χ2v) is 11.8. The molecule has 0 aromatic heterocycles. The van der Waals surface area contributed by atoms with Gasteiger partial charge in [0, 0.05) is 32.0 Å². The van der Waals surface area contributed by atoms with E-state index in [0.717, 1.165) is 27.9 Å². The number of hydrogen-bond acceptors (Lipinski definition) is 7. The molecular formula is C39H48FN3O5. The molecule has 8 nitrogen and oxygen atoms in total. The highest BCUT2D eigenvalue weighted by molar-refractivity contribution is 5.80. The van der Waals surface area contributed by atoms with Crippen molar-refractivity contribution >= 4 is 11.6 Å². The molecule has 0 aliphatic carbocycles. The minimum absolute atomic E-state index is 0.0207. The smallest absolute Gasteiger partial charge is 0.228 e. The van der Waals surface area contributed by atoms with Crippen molar-refractivity contribution in [2.75, 3.05) is 32.9 Å². The first-order valence-corrected chi connectivity index (χ1v) is 16.4. The number of rotatable bonds is 18. The van der Waals surface area contributed by atoms with Crippen molar-refractivity contribution < 1.29 is 28.5 Å². The monoisotopic (exact) mass is 657 g/mol. The van der Waals surface area contributed by atoms with Crippen LogP contribution in [0.2, 0.25) is 0 Å². The third-order valence-electron chi connectivity index (χ3n) is 8.76. The molecule has 0 saturated carbocycles. The van der Waals surface area contributed by atoms with Crippen LogP contribution in [0.5, 0.6) is 11.5 Å². The number of aryl methyl sites for hydroxylation is 1. The molecule has 0 bridgehead atoms. The summed E-state index contributed by atoms with van der Waals surface area (Å²) in [6.45, 7) is 4.65. The van der Waals surface area contributed by atoms with E-state index < -0.39 is 29.9 Å². The van der Waals surface area contributed by atoms with Gasteiger partial charge in [-0.25, -0.2) is 4.39 Å². The summed E-state index contributed by atoms with van der Waals surface area (Å²) in [4.78, 5) is 16.3. The Morgan fingerprint density at radius 1 is 0.979 bits per heavy atom. The molecule has 4 aromatic rings. The van der Waals surface area contributed by atoms with Gasteiger partial charge in [0.15, 0.2) is 6.79 Å². The quantitative estimate of drug-likeness (QED) is 0.0779. The van der Waals surface area contributed by atoms with Crippen molar-refractivity contribution in [2.24, 2.45) is 11.7 Å². The van der Waals surface area contributed by atoms with Gasteiger partial charge in [-0.2, -0.15) is 0 Å². The summed E-state index contributed by atoms with van der Waals surface area (Å²) in [5.41, 5.74) is 10.2. The van der Waals surface area contributed by atoms with Crippen molar-refractivity contribution in [3.63, 3.8) is 0 Å². The second kappa shape index (κ2) is 18.2. The molecule has 0 fully saturated rings. The fourth-order valence-electron chi connectivity index (χ4n) is 5.75. The van der Waals surface area contributed by atoms with Crippen molar-refractivity contribution in [3.8, 4) is 11.5 Å². The molecule has 0 spiro atoms. The highest BCUT2D eigenvalue weighted by Gasteiger charge is 2.35. The van der Waals surface area contributed by atoms with Crippen molar-refractivity contribution in [1.82, 2.24) is 4.90 Å². The molecule has 0 aliphatic heterocycles. The number of aliphatic hydroxyl groups is 1. The molecule has 4 aromatic carbocycles. The molecule has 4 N–H and O–H groups in total. The summed E-state index contributed by atoms with van der Waals surface area (Å²) in [5, 5.41) is 14.9. The number of halogens is 1. The Morgan fingerprint density at radius 2 is 1.69 bits per heavy atom. The van der Waals surface area contributed by atoms with Crippen LogP contribution in [-0.4, -0.2) is 49.5 Å². The number of carbonyl (C=O) groups is 1. The first-order valence-electron chi connectivity index (χ1n) is 16.4. The van der Waals surface area contributed by atoms with E-state index in [2.05, 4.69) is 5.32 Å². The molecule has 0 unspecified atom stereocenters. The van der Waals surface area contributed by atoms with Crippen LogP contribution in [0.4, 0.5) is 10.1 Å². The van der Waals surface area contributed by atoms with Gasteiger partial charge in [0.1, 0.15) is 17.3 Å². The van der Waals surface area contributed by atoms with E-state index in [1.807, 2.05) is 92.7 Å². The number of ether oxygens (including phenoxy) is 3. The zero-order valence-electron chi connectivity index (χ0n) is 28.3. The average Bonchev–Trinajstić information content (AvgIpc) is 3.13. The number of nitrogens with two attached hydrogens (primary N) is 1. The second-order valence-electron chi connectivity index (χ2n) is 11.8. The van der Waals surface area contributed by atoms with Gasteiger partial charge in [0.25, 0.3) is 0 Å². The Hall–Kier alpha value is -4.44. The Bertz CT molecular complexity index is 1550. The number of aliphatic hydroxyl groups excluding tert-OH is 1. The Kier molecular flexibility index (Phi) is 13.8.